The number of carbonyl (C=O) groups excluding carboxylic acids is 1. The van der Waals surface area contributed by atoms with Crippen LogP contribution in [0.5, 0.6) is 11.5 Å². The number of carbonyl (C=O) groups is 1. The van der Waals surface area contributed by atoms with Crippen LogP contribution in [-0.2, 0) is 9.53 Å². The Morgan fingerprint density at radius 3 is 2.54 bits per heavy atom. The Morgan fingerprint density at radius 2 is 1.88 bits per heavy atom. The number of rotatable bonds is 11. The number of aliphatic imine (C=N–C) groups is 1. The minimum absolute atomic E-state index is 0.140. The van der Waals surface area contributed by atoms with Crippen LogP contribution in [0.25, 0.3) is 0 Å². The molecule has 0 saturated carbocycles. The van der Waals surface area contributed by atoms with Gasteiger partial charge in [-0.15, -0.1) is 0 Å². The highest BCUT2D eigenvalue weighted by Crippen LogP contribution is 2.30. The third-order valence-corrected chi connectivity index (χ3v) is 3.78. The molecule has 0 unspecified atom stereocenters. The zero-order chi connectivity index (χ0) is 19.2. The standard InChI is InChI=1S/C19H31N3O4/c1-5-26-17-14-15(11-12-16(17)24-3)22-19(20-2)21-13-9-7-6-8-10-18(23)25-4/h11-12,14H,5-10,13H2,1-4H3,(H2,20,21,22). The minimum Gasteiger partial charge on any atom is -0.493 e. The summed E-state index contributed by atoms with van der Waals surface area (Å²) < 4.78 is 15.5. The number of guanidine groups is 1. The first-order valence-electron chi connectivity index (χ1n) is 8.99. The number of esters is 1. The summed E-state index contributed by atoms with van der Waals surface area (Å²) in [7, 11) is 4.78. The molecule has 1 rings (SSSR count). The number of nitrogens with zero attached hydrogens (tertiary/aromatic N) is 1. The second-order valence-electron chi connectivity index (χ2n) is 5.66. The van der Waals surface area contributed by atoms with Gasteiger partial charge in [-0.05, 0) is 31.9 Å². The van der Waals surface area contributed by atoms with E-state index in [9.17, 15) is 4.79 Å². The zero-order valence-electron chi connectivity index (χ0n) is 16.3. The number of methoxy groups -OCH3 is 2. The van der Waals surface area contributed by atoms with Crippen LogP contribution >= 0.6 is 0 Å². The fourth-order valence-corrected chi connectivity index (χ4v) is 2.40. The van der Waals surface area contributed by atoms with Crippen LogP contribution in [0, 0.1) is 0 Å². The van der Waals surface area contributed by atoms with Crippen molar-refractivity contribution in [3.63, 3.8) is 0 Å². The van der Waals surface area contributed by atoms with E-state index in [1.165, 1.54) is 7.11 Å². The van der Waals surface area contributed by atoms with Crippen molar-refractivity contribution in [3.05, 3.63) is 18.2 Å². The summed E-state index contributed by atoms with van der Waals surface area (Å²) in [5.74, 6) is 1.96. The maximum Gasteiger partial charge on any atom is 0.305 e. The van der Waals surface area contributed by atoms with E-state index < -0.39 is 0 Å². The third kappa shape index (κ3) is 8.09. The highest BCUT2D eigenvalue weighted by molar-refractivity contribution is 5.93. The van der Waals surface area contributed by atoms with Gasteiger partial charge in [0, 0.05) is 31.8 Å². The molecule has 0 saturated heterocycles. The summed E-state index contributed by atoms with van der Waals surface area (Å²) in [5.41, 5.74) is 0.875. The quantitative estimate of drug-likeness (QED) is 0.271. The first kappa shape index (κ1) is 21.6. The predicted octanol–water partition coefficient (Wildman–Crippen LogP) is 3.20. The minimum atomic E-state index is -0.140. The zero-order valence-corrected chi connectivity index (χ0v) is 16.3. The number of unbranched alkanes of at least 4 members (excludes halogenated alkanes) is 3. The van der Waals surface area contributed by atoms with E-state index in [-0.39, 0.29) is 5.97 Å². The Bertz CT molecular complexity index is 576. The summed E-state index contributed by atoms with van der Waals surface area (Å²) in [5, 5.41) is 6.53. The lowest BCUT2D eigenvalue weighted by molar-refractivity contribution is -0.140. The first-order valence-corrected chi connectivity index (χ1v) is 8.99. The fraction of sp³-hybridized carbons (Fsp3) is 0.579. The monoisotopic (exact) mass is 365 g/mol. The highest BCUT2D eigenvalue weighted by atomic mass is 16.5. The predicted molar refractivity (Wildman–Crippen MR) is 104 cm³/mol. The van der Waals surface area contributed by atoms with E-state index in [2.05, 4.69) is 20.4 Å². The molecule has 0 spiro atoms. The molecule has 2 N–H and O–H groups in total. The number of ether oxygens (including phenoxy) is 3. The van der Waals surface area contributed by atoms with Gasteiger partial charge in [-0.3, -0.25) is 9.79 Å². The van der Waals surface area contributed by atoms with E-state index in [1.54, 1.807) is 14.2 Å². The average Bonchev–Trinajstić information content (AvgIpc) is 2.66. The summed E-state index contributed by atoms with van der Waals surface area (Å²) in [6, 6.07) is 5.67. The molecule has 0 amide bonds. The summed E-state index contributed by atoms with van der Waals surface area (Å²) in [6.45, 7) is 3.32. The molecule has 0 aliphatic carbocycles. The van der Waals surface area contributed by atoms with Crippen LogP contribution in [0.4, 0.5) is 5.69 Å². The smallest absolute Gasteiger partial charge is 0.305 e. The van der Waals surface area contributed by atoms with Crippen molar-refractivity contribution in [2.24, 2.45) is 4.99 Å². The SMILES string of the molecule is CCOc1cc(NC(=NC)NCCCCCCC(=O)OC)ccc1OC. The van der Waals surface area contributed by atoms with Gasteiger partial charge in [0.05, 0.1) is 20.8 Å². The van der Waals surface area contributed by atoms with Gasteiger partial charge < -0.3 is 24.8 Å². The van der Waals surface area contributed by atoms with Crippen LogP contribution in [0.1, 0.15) is 39.0 Å². The molecule has 146 valence electrons. The number of hydrogen-bond donors (Lipinski definition) is 2. The maximum absolute atomic E-state index is 11.0. The van der Waals surface area contributed by atoms with E-state index >= 15 is 0 Å². The van der Waals surface area contributed by atoms with Crippen LogP contribution in [0.15, 0.2) is 23.2 Å². The van der Waals surface area contributed by atoms with Gasteiger partial charge in [0.15, 0.2) is 17.5 Å². The molecule has 0 heterocycles. The second kappa shape index (κ2) is 12.9. The molecule has 0 aliphatic rings. The average molecular weight is 365 g/mol. The molecule has 26 heavy (non-hydrogen) atoms. The lowest BCUT2D eigenvalue weighted by Crippen LogP contribution is -2.31. The Kier molecular flexibility index (Phi) is 10.7. The largest absolute Gasteiger partial charge is 0.493 e. The van der Waals surface area contributed by atoms with E-state index in [0.717, 1.165) is 37.9 Å². The van der Waals surface area contributed by atoms with Gasteiger partial charge in [0.1, 0.15) is 0 Å². The number of hydrogen-bond acceptors (Lipinski definition) is 5. The normalized spacial score (nSPS) is 11.0. The van der Waals surface area contributed by atoms with Crippen molar-refractivity contribution in [2.75, 3.05) is 39.7 Å². The summed E-state index contributed by atoms with van der Waals surface area (Å²) >= 11 is 0. The van der Waals surface area contributed by atoms with Gasteiger partial charge >= 0.3 is 5.97 Å². The Hall–Kier alpha value is -2.44. The van der Waals surface area contributed by atoms with Crippen molar-refractivity contribution < 1.29 is 19.0 Å². The van der Waals surface area contributed by atoms with Gasteiger partial charge in [-0.2, -0.15) is 0 Å². The molecule has 0 radical (unpaired) electrons. The summed E-state index contributed by atoms with van der Waals surface area (Å²) in [6.07, 6.45) is 4.43. The topological polar surface area (TPSA) is 81.2 Å². The van der Waals surface area contributed by atoms with E-state index in [1.807, 2.05) is 25.1 Å². The van der Waals surface area contributed by atoms with Crippen molar-refractivity contribution in [3.8, 4) is 11.5 Å². The Morgan fingerprint density at radius 1 is 1.12 bits per heavy atom. The molecule has 0 aliphatic heterocycles. The molecule has 1 aromatic carbocycles. The number of anilines is 1. The van der Waals surface area contributed by atoms with E-state index in [0.29, 0.717) is 30.5 Å². The van der Waals surface area contributed by atoms with Crippen LogP contribution < -0.4 is 20.1 Å². The molecule has 0 aromatic heterocycles. The lowest BCUT2D eigenvalue weighted by atomic mass is 10.1. The maximum atomic E-state index is 11.0. The molecule has 7 nitrogen and oxygen atoms in total. The van der Waals surface area contributed by atoms with Crippen LogP contribution in [-0.4, -0.2) is 46.3 Å². The van der Waals surface area contributed by atoms with Crippen molar-refractivity contribution in [2.45, 2.75) is 39.0 Å². The number of benzene rings is 1. The van der Waals surface area contributed by atoms with Gasteiger partial charge in [0.25, 0.3) is 0 Å². The number of nitrogens with one attached hydrogen (secondary N) is 2. The molecule has 0 atom stereocenters. The highest BCUT2D eigenvalue weighted by Gasteiger charge is 2.07. The molecule has 7 heteroatoms. The second-order valence-corrected chi connectivity index (χ2v) is 5.66. The van der Waals surface area contributed by atoms with Gasteiger partial charge in [-0.1, -0.05) is 12.8 Å². The van der Waals surface area contributed by atoms with Crippen molar-refractivity contribution in [1.29, 1.82) is 0 Å². The lowest BCUT2D eigenvalue weighted by Gasteiger charge is -2.14. The summed E-state index contributed by atoms with van der Waals surface area (Å²) in [4.78, 5) is 15.3. The van der Waals surface area contributed by atoms with Gasteiger partial charge in [-0.25, -0.2) is 0 Å². The van der Waals surface area contributed by atoms with E-state index in [4.69, 9.17) is 9.47 Å². The molecular formula is C19H31N3O4. The van der Waals surface area contributed by atoms with Crippen molar-refractivity contribution >= 4 is 17.6 Å². The first-order chi connectivity index (χ1) is 12.6. The molecule has 0 fully saturated rings. The molecule has 0 bridgehead atoms. The fourth-order valence-electron chi connectivity index (χ4n) is 2.40. The van der Waals surface area contributed by atoms with Crippen LogP contribution in [0.2, 0.25) is 0 Å². The van der Waals surface area contributed by atoms with Gasteiger partial charge in [0.2, 0.25) is 0 Å². The molecule has 1 aromatic rings. The molecular weight excluding hydrogens is 334 g/mol. The van der Waals surface area contributed by atoms with Crippen molar-refractivity contribution in [1.82, 2.24) is 5.32 Å². The van der Waals surface area contributed by atoms with Crippen LogP contribution in [0.3, 0.4) is 0 Å². The Labute approximate surface area is 156 Å². The third-order valence-electron chi connectivity index (χ3n) is 3.78. The Balaban J connectivity index is 2.36.